The van der Waals surface area contributed by atoms with E-state index in [1.54, 1.807) is 19.1 Å². The Balaban J connectivity index is 2.37. The maximum atomic E-state index is 12.6. The van der Waals surface area contributed by atoms with Crippen LogP contribution in [-0.4, -0.2) is 9.91 Å². The molecule has 6 nitrogen and oxygen atoms in total. The number of nitro groups is 1. The Kier molecular flexibility index (Phi) is 3.83. The second kappa shape index (κ2) is 5.43. The minimum atomic E-state index is -4.68. The van der Waals surface area contributed by atoms with Gasteiger partial charge in [0.2, 0.25) is 0 Å². The molecule has 0 radical (unpaired) electrons. The number of halogens is 3. The summed E-state index contributed by atoms with van der Waals surface area (Å²) in [6.07, 6.45) is -2.70. The summed E-state index contributed by atoms with van der Waals surface area (Å²) in [4.78, 5) is 13.1. The lowest BCUT2D eigenvalue weighted by Gasteiger charge is -2.14. The van der Waals surface area contributed by atoms with Gasteiger partial charge in [0.15, 0.2) is 0 Å². The highest BCUT2D eigenvalue weighted by molar-refractivity contribution is 5.61. The topological polar surface area (TPSA) is 81.2 Å². The molecule has 0 aliphatic rings. The molecule has 0 aliphatic heterocycles. The van der Waals surface area contributed by atoms with Crippen LogP contribution in [0, 0.1) is 10.1 Å². The molecule has 2 rings (SSSR count). The first-order chi connectivity index (χ1) is 9.79. The Morgan fingerprint density at radius 3 is 2.71 bits per heavy atom. The predicted molar refractivity (Wildman–Crippen MR) is 66.6 cm³/mol. The van der Waals surface area contributed by atoms with Gasteiger partial charge in [-0.05, 0) is 25.1 Å². The van der Waals surface area contributed by atoms with Crippen molar-refractivity contribution in [1.29, 1.82) is 0 Å². The molecule has 0 spiro atoms. The molecular formula is C12H10F3N3O3. The number of aromatic nitrogens is 1. The fraction of sp³-hybridized carbons (Fsp3) is 0.250. The van der Waals surface area contributed by atoms with Gasteiger partial charge in [-0.1, -0.05) is 0 Å². The molecule has 1 unspecified atom stereocenters. The summed E-state index contributed by atoms with van der Waals surface area (Å²) in [6.45, 7) is 1.61. The van der Waals surface area contributed by atoms with Crippen molar-refractivity contribution in [2.75, 3.05) is 5.32 Å². The van der Waals surface area contributed by atoms with Crippen LogP contribution in [0.2, 0.25) is 0 Å². The Morgan fingerprint density at radius 1 is 1.48 bits per heavy atom. The first-order valence-electron chi connectivity index (χ1n) is 5.80. The van der Waals surface area contributed by atoms with E-state index >= 15 is 0 Å². The largest absolute Gasteiger partial charge is 0.467 e. The second-order valence-electron chi connectivity index (χ2n) is 4.22. The monoisotopic (exact) mass is 301 g/mol. The SMILES string of the molecule is CC(Nc1cc(C(F)(F)F)ncc1[N+](=O)[O-])c1ccco1. The van der Waals surface area contributed by atoms with Crippen molar-refractivity contribution in [2.45, 2.75) is 19.1 Å². The zero-order valence-corrected chi connectivity index (χ0v) is 10.7. The minimum Gasteiger partial charge on any atom is -0.467 e. The number of furan rings is 1. The van der Waals surface area contributed by atoms with Gasteiger partial charge in [0.25, 0.3) is 0 Å². The number of nitrogens with zero attached hydrogens (tertiary/aromatic N) is 2. The lowest BCUT2D eigenvalue weighted by atomic mass is 10.2. The van der Waals surface area contributed by atoms with E-state index in [9.17, 15) is 23.3 Å². The van der Waals surface area contributed by atoms with Gasteiger partial charge in [0.1, 0.15) is 23.3 Å². The van der Waals surface area contributed by atoms with Crippen LogP contribution in [0.1, 0.15) is 24.4 Å². The summed E-state index contributed by atoms with van der Waals surface area (Å²) in [7, 11) is 0. The molecule has 2 aromatic rings. The van der Waals surface area contributed by atoms with Gasteiger partial charge in [0.05, 0.1) is 17.2 Å². The smallest absolute Gasteiger partial charge is 0.433 e. The molecule has 0 saturated heterocycles. The van der Waals surface area contributed by atoms with Crippen LogP contribution in [0.4, 0.5) is 24.5 Å². The van der Waals surface area contributed by atoms with Gasteiger partial charge in [-0.2, -0.15) is 13.2 Å². The molecule has 0 aliphatic carbocycles. The lowest BCUT2D eigenvalue weighted by molar-refractivity contribution is -0.384. The Bertz CT molecular complexity index is 641. The molecule has 0 fully saturated rings. The summed E-state index contributed by atoms with van der Waals surface area (Å²) in [6, 6.07) is 3.28. The first-order valence-corrected chi connectivity index (χ1v) is 5.80. The molecule has 9 heteroatoms. The van der Waals surface area contributed by atoms with Crippen molar-refractivity contribution >= 4 is 11.4 Å². The fourth-order valence-electron chi connectivity index (χ4n) is 1.71. The zero-order chi connectivity index (χ0) is 15.6. The van der Waals surface area contributed by atoms with Gasteiger partial charge < -0.3 is 9.73 Å². The van der Waals surface area contributed by atoms with Crippen molar-refractivity contribution in [3.8, 4) is 0 Å². The number of pyridine rings is 1. The lowest BCUT2D eigenvalue weighted by Crippen LogP contribution is -2.12. The maximum absolute atomic E-state index is 12.6. The molecule has 112 valence electrons. The van der Waals surface area contributed by atoms with Crippen LogP contribution in [0.25, 0.3) is 0 Å². The summed E-state index contributed by atoms with van der Waals surface area (Å²) in [5.41, 5.74) is -2.02. The van der Waals surface area contributed by atoms with Gasteiger partial charge in [0, 0.05) is 0 Å². The summed E-state index contributed by atoms with van der Waals surface area (Å²) < 4.78 is 43.0. The average molecular weight is 301 g/mol. The number of hydrogen-bond acceptors (Lipinski definition) is 5. The number of alkyl halides is 3. The fourth-order valence-corrected chi connectivity index (χ4v) is 1.71. The molecule has 1 atom stereocenters. The Labute approximate surface area is 116 Å². The van der Waals surface area contributed by atoms with Crippen molar-refractivity contribution in [2.24, 2.45) is 0 Å². The van der Waals surface area contributed by atoms with E-state index in [4.69, 9.17) is 4.42 Å². The third-order valence-electron chi connectivity index (χ3n) is 2.71. The van der Waals surface area contributed by atoms with E-state index in [0.29, 0.717) is 18.0 Å². The number of anilines is 1. The number of rotatable bonds is 4. The van der Waals surface area contributed by atoms with E-state index in [1.807, 2.05) is 0 Å². The van der Waals surface area contributed by atoms with Crippen LogP contribution in [-0.2, 0) is 6.18 Å². The van der Waals surface area contributed by atoms with Gasteiger partial charge in [-0.15, -0.1) is 0 Å². The number of nitrogens with one attached hydrogen (secondary N) is 1. The highest BCUT2D eigenvalue weighted by Gasteiger charge is 2.34. The summed E-state index contributed by atoms with van der Waals surface area (Å²) in [5.74, 6) is 0.440. The van der Waals surface area contributed by atoms with Crippen molar-refractivity contribution in [3.63, 3.8) is 0 Å². The van der Waals surface area contributed by atoms with Crippen molar-refractivity contribution < 1.29 is 22.5 Å². The molecule has 0 bridgehead atoms. The molecule has 2 heterocycles. The van der Waals surface area contributed by atoms with Crippen LogP contribution in [0.15, 0.2) is 35.1 Å². The highest BCUT2D eigenvalue weighted by Crippen LogP contribution is 2.34. The van der Waals surface area contributed by atoms with E-state index < -0.39 is 28.5 Å². The maximum Gasteiger partial charge on any atom is 0.433 e. The standard InChI is InChI=1S/C12H10F3N3O3/c1-7(10-3-2-4-21-10)17-8-5-11(12(13,14)15)16-6-9(8)18(19)20/h2-7H,1H3,(H,16,17). The third-order valence-corrected chi connectivity index (χ3v) is 2.71. The predicted octanol–water partition coefficient (Wildman–Crippen LogP) is 3.77. The normalized spacial score (nSPS) is 13.0. The van der Waals surface area contributed by atoms with Crippen LogP contribution in [0.3, 0.4) is 0 Å². The molecule has 21 heavy (non-hydrogen) atoms. The molecule has 1 N–H and O–H groups in total. The van der Waals surface area contributed by atoms with E-state index in [0.717, 1.165) is 0 Å². The zero-order valence-electron chi connectivity index (χ0n) is 10.7. The molecule has 0 saturated carbocycles. The number of hydrogen-bond donors (Lipinski definition) is 1. The Morgan fingerprint density at radius 2 is 2.19 bits per heavy atom. The third kappa shape index (κ3) is 3.30. The Hall–Kier alpha value is -2.58. The molecule has 2 aromatic heterocycles. The second-order valence-corrected chi connectivity index (χ2v) is 4.22. The van der Waals surface area contributed by atoms with Crippen LogP contribution in [0.5, 0.6) is 0 Å². The summed E-state index contributed by atoms with van der Waals surface area (Å²) >= 11 is 0. The molecular weight excluding hydrogens is 291 g/mol. The average Bonchev–Trinajstić information content (AvgIpc) is 2.91. The van der Waals surface area contributed by atoms with Crippen LogP contribution >= 0.6 is 0 Å². The molecule has 0 amide bonds. The van der Waals surface area contributed by atoms with Gasteiger partial charge >= 0.3 is 11.9 Å². The van der Waals surface area contributed by atoms with E-state index in [-0.39, 0.29) is 5.69 Å². The highest BCUT2D eigenvalue weighted by atomic mass is 19.4. The van der Waals surface area contributed by atoms with Crippen LogP contribution < -0.4 is 5.32 Å². The van der Waals surface area contributed by atoms with E-state index in [1.165, 1.54) is 6.26 Å². The van der Waals surface area contributed by atoms with Gasteiger partial charge in [-0.3, -0.25) is 10.1 Å². The molecule has 0 aromatic carbocycles. The first kappa shape index (κ1) is 14.8. The van der Waals surface area contributed by atoms with E-state index in [2.05, 4.69) is 10.3 Å². The van der Waals surface area contributed by atoms with Crippen molar-refractivity contribution in [1.82, 2.24) is 4.98 Å². The van der Waals surface area contributed by atoms with Crippen molar-refractivity contribution in [3.05, 3.63) is 52.2 Å². The minimum absolute atomic E-state index is 0.272. The quantitative estimate of drug-likeness (QED) is 0.686. The van der Waals surface area contributed by atoms with Gasteiger partial charge in [-0.25, -0.2) is 4.98 Å². The summed E-state index contributed by atoms with van der Waals surface area (Å²) in [5, 5.41) is 13.5.